The van der Waals surface area contributed by atoms with Gasteiger partial charge in [0.1, 0.15) is 5.76 Å². The Labute approximate surface area is 88.5 Å². The molecular weight excluding hydrogens is 196 g/mol. The summed E-state index contributed by atoms with van der Waals surface area (Å²) in [6.45, 7) is 0.634. The van der Waals surface area contributed by atoms with Gasteiger partial charge in [-0.2, -0.15) is 11.8 Å². The molecule has 0 atom stereocenters. The highest BCUT2D eigenvalue weighted by molar-refractivity contribution is 7.99. The Balaban J connectivity index is 2.00. The highest BCUT2D eigenvalue weighted by Gasteiger charge is 2.20. The predicted octanol–water partition coefficient (Wildman–Crippen LogP) is 1.79. The molecule has 4 heteroatoms. The molecule has 0 aromatic carbocycles. The molecule has 0 bridgehead atoms. The molecule has 1 saturated heterocycles. The molecule has 2 rings (SSSR count). The van der Waals surface area contributed by atoms with Crippen LogP contribution in [0, 0.1) is 0 Å². The van der Waals surface area contributed by atoms with Gasteiger partial charge in [-0.05, 0) is 30.9 Å². The lowest BCUT2D eigenvalue weighted by Crippen LogP contribution is -2.07. The maximum absolute atomic E-state index is 5.66. The van der Waals surface area contributed by atoms with Crippen LogP contribution in [0.4, 0.5) is 0 Å². The van der Waals surface area contributed by atoms with E-state index in [4.69, 9.17) is 10.2 Å². The molecule has 0 amide bonds. The molecule has 0 saturated carbocycles. The van der Waals surface area contributed by atoms with E-state index in [1.54, 1.807) is 0 Å². The van der Waals surface area contributed by atoms with Crippen molar-refractivity contribution in [3.05, 3.63) is 17.8 Å². The number of thioether (sulfide) groups is 1. The Morgan fingerprint density at radius 1 is 1.50 bits per heavy atom. The summed E-state index contributed by atoms with van der Waals surface area (Å²) in [7, 11) is 0. The van der Waals surface area contributed by atoms with Crippen LogP contribution in [0.2, 0.25) is 0 Å². The quantitative estimate of drug-likeness (QED) is 0.830. The van der Waals surface area contributed by atoms with Crippen molar-refractivity contribution in [2.24, 2.45) is 5.73 Å². The second-order valence-electron chi connectivity index (χ2n) is 3.59. The standard InChI is InChI=1S/C10H16N2OS/c11-4-1-9-7-12-10(13-9)8-2-5-14-6-3-8/h7-8H,1-6,11H2. The second kappa shape index (κ2) is 4.84. The van der Waals surface area contributed by atoms with Gasteiger partial charge in [-0.15, -0.1) is 0 Å². The topological polar surface area (TPSA) is 52.0 Å². The van der Waals surface area contributed by atoms with Crippen LogP contribution in [-0.4, -0.2) is 23.0 Å². The van der Waals surface area contributed by atoms with Crippen LogP contribution in [0.3, 0.4) is 0 Å². The Morgan fingerprint density at radius 3 is 3.00 bits per heavy atom. The Morgan fingerprint density at radius 2 is 2.29 bits per heavy atom. The van der Waals surface area contributed by atoms with Crippen LogP contribution in [0.15, 0.2) is 10.6 Å². The molecule has 1 aromatic heterocycles. The van der Waals surface area contributed by atoms with Gasteiger partial charge in [0.05, 0.1) is 6.20 Å². The number of nitrogens with zero attached hydrogens (tertiary/aromatic N) is 1. The fourth-order valence-electron chi connectivity index (χ4n) is 1.71. The number of nitrogens with two attached hydrogens (primary N) is 1. The van der Waals surface area contributed by atoms with Crippen LogP contribution >= 0.6 is 11.8 Å². The smallest absolute Gasteiger partial charge is 0.197 e. The number of oxazole rings is 1. The fourth-order valence-corrected chi connectivity index (χ4v) is 2.82. The van der Waals surface area contributed by atoms with E-state index in [-0.39, 0.29) is 0 Å². The molecule has 78 valence electrons. The van der Waals surface area contributed by atoms with E-state index >= 15 is 0 Å². The van der Waals surface area contributed by atoms with Gasteiger partial charge < -0.3 is 10.2 Å². The minimum atomic E-state index is 0.544. The number of rotatable bonds is 3. The summed E-state index contributed by atoms with van der Waals surface area (Å²) in [5.74, 6) is 4.87. The monoisotopic (exact) mass is 212 g/mol. The summed E-state index contributed by atoms with van der Waals surface area (Å²) in [6.07, 6.45) is 5.03. The fraction of sp³-hybridized carbons (Fsp3) is 0.700. The van der Waals surface area contributed by atoms with Gasteiger partial charge in [-0.1, -0.05) is 0 Å². The Bertz CT molecular complexity index is 281. The van der Waals surface area contributed by atoms with E-state index in [0.29, 0.717) is 12.5 Å². The van der Waals surface area contributed by atoms with Crippen molar-refractivity contribution in [2.75, 3.05) is 18.1 Å². The minimum absolute atomic E-state index is 0.544. The van der Waals surface area contributed by atoms with Gasteiger partial charge in [0.25, 0.3) is 0 Å². The van der Waals surface area contributed by atoms with Gasteiger partial charge in [0, 0.05) is 12.3 Å². The zero-order chi connectivity index (χ0) is 9.80. The first-order chi connectivity index (χ1) is 6.90. The maximum atomic E-state index is 5.66. The van der Waals surface area contributed by atoms with Crippen molar-refractivity contribution in [3.8, 4) is 0 Å². The summed E-state index contributed by atoms with van der Waals surface area (Å²) < 4.78 is 5.66. The van der Waals surface area contributed by atoms with Crippen molar-refractivity contribution >= 4 is 11.8 Å². The molecule has 2 N–H and O–H groups in total. The first-order valence-corrected chi connectivity index (χ1v) is 6.28. The largest absolute Gasteiger partial charge is 0.445 e. The minimum Gasteiger partial charge on any atom is -0.445 e. The summed E-state index contributed by atoms with van der Waals surface area (Å²) in [5, 5.41) is 0. The molecule has 1 aromatic rings. The second-order valence-corrected chi connectivity index (χ2v) is 4.81. The van der Waals surface area contributed by atoms with E-state index in [0.717, 1.165) is 18.1 Å². The van der Waals surface area contributed by atoms with Gasteiger partial charge in [-0.3, -0.25) is 0 Å². The molecule has 14 heavy (non-hydrogen) atoms. The van der Waals surface area contributed by atoms with Crippen LogP contribution in [0.25, 0.3) is 0 Å². The highest BCUT2D eigenvalue weighted by Crippen LogP contribution is 2.30. The Hall–Kier alpha value is -0.480. The first-order valence-electron chi connectivity index (χ1n) is 5.12. The van der Waals surface area contributed by atoms with Crippen molar-refractivity contribution < 1.29 is 4.42 Å². The Kier molecular flexibility index (Phi) is 3.48. The number of hydrogen-bond acceptors (Lipinski definition) is 4. The molecule has 0 aliphatic carbocycles. The molecule has 2 heterocycles. The molecule has 1 aliphatic heterocycles. The number of hydrogen-bond donors (Lipinski definition) is 1. The first kappa shape index (κ1) is 10.1. The lowest BCUT2D eigenvalue weighted by atomic mass is 10.0. The van der Waals surface area contributed by atoms with E-state index in [1.165, 1.54) is 24.3 Å². The molecule has 1 aliphatic rings. The van der Waals surface area contributed by atoms with Crippen molar-refractivity contribution in [1.29, 1.82) is 0 Å². The summed E-state index contributed by atoms with van der Waals surface area (Å²) in [6, 6.07) is 0. The third-order valence-corrected chi connectivity index (χ3v) is 3.58. The molecule has 0 unspecified atom stereocenters. The number of aromatic nitrogens is 1. The SMILES string of the molecule is NCCc1cnc(C2CCSCC2)o1. The lowest BCUT2D eigenvalue weighted by Gasteiger charge is -2.17. The zero-order valence-corrected chi connectivity index (χ0v) is 9.05. The van der Waals surface area contributed by atoms with Gasteiger partial charge in [0.2, 0.25) is 0 Å². The van der Waals surface area contributed by atoms with Gasteiger partial charge >= 0.3 is 0 Å². The van der Waals surface area contributed by atoms with Crippen molar-refractivity contribution in [3.63, 3.8) is 0 Å². The van der Waals surface area contributed by atoms with Crippen LogP contribution < -0.4 is 5.73 Å². The average Bonchev–Trinajstić information content (AvgIpc) is 2.68. The van der Waals surface area contributed by atoms with Crippen LogP contribution in [-0.2, 0) is 6.42 Å². The molecular formula is C10H16N2OS. The molecule has 1 fully saturated rings. The third-order valence-electron chi connectivity index (χ3n) is 2.53. The predicted molar refractivity (Wildman–Crippen MR) is 58.6 cm³/mol. The van der Waals surface area contributed by atoms with Crippen molar-refractivity contribution in [1.82, 2.24) is 4.98 Å². The van der Waals surface area contributed by atoms with E-state index in [1.807, 2.05) is 18.0 Å². The molecule has 0 radical (unpaired) electrons. The average molecular weight is 212 g/mol. The van der Waals surface area contributed by atoms with Crippen molar-refractivity contribution in [2.45, 2.75) is 25.2 Å². The van der Waals surface area contributed by atoms with Crippen LogP contribution in [0.1, 0.15) is 30.4 Å². The van der Waals surface area contributed by atoms with Gasteiger partial charge in [-0.25, -0.2) is 4.98 Å². The summed E-state index contributed by atoms with van der Waals surface area (Å²) >= 11 is 2.02. The normalized spacial score (nSPS) is 18.6. The van der Waals surface area contributed by atoms with E-state index < -0.39 is 0 Å². The zero-order valence-electron chi connectivity index (χ0n) is 8.24. The molecule has 3 nitrogen and oxygen atoms in total. The highest BCUT2D eigenvalue weighted by atomic mass is 32.2. The molecule has 0 spiro atoms. The van der Waals surface area contributed by atoms with E-state index in [9.17, 15) is 0 Å². The summed E-state index contributed by atoms with van der Waals surface area (Å²) in [5.41, 5.74) is 5.46. The lowest BCUT2D eigenvalue weighted by molar-refractivity contribution is 0.406. The third kappa shape index (κ3) is 2.30. The van der Waals surface area contributed by atoms with Crippen LogP contribution in [0.5, 0.6) is 0 Å². The van der Waals surface area contributed by atoms with Gasteiger partial charge in [0.15, 0.2) is 5.89 Å². The van der Waals surface area contributed by atoms with E-state index in [2.05, 4.69) is 4.98 Å². The maximum Gasteiger partial charge on any atom is 0.197 e. The summed E-state index contributed by atoms with van der Waals surface area (Å²) in [4.78, 5) is 4.33.